The minimum absolute atomic E-state index is 0.455. The standard InChI is InChI=1S/C11H25N5O/c1-15-5-6-16(2)10(9-15)8-14-11(12)13-4-7-17-3/h10H,4-9H2,1-3H3,(H3,12,13,14). The minimum Gasteiger partial charge on any atom is -0.383 e. The van der Waals surface area contributed by atoms with Crippen molar-refractivity contribution in [2.24, 2.45) is 10.7 Å². The zero-order valence-corrected chi connectivity index (χ0v) is 11.1. The van der Waals surface area contributed by atoms with Crippen LogP contribution >= 0.6 is 0 Å². The molecule has 0 radical (unpaired) electrons. The maximum atomic E-state index is 5.76. The van der Waals surface area contributed by atoms with Gasteiger partial charge in [0.05, 0.1) is 13.2 Å². The molecule has 3 N–H and O–H groups in total. The van der Waals surface area contributed by atoms with Gasteiger partial charge in [0.15, 0.2) is 5.96 Å². The largest absolute Gasteiger partial charge is 0.383 e. The van der Waals surface area contributed by atoms with Gasteiger partial charge in [0.2, 0.25) is 0 Å². The molecule has 0 saturated carbocycles. The third-order valence-electron chi connectivity index (χ3n) is 3.06. The summed E-state index contributed by atoms with van der Waals surface area (Å²) < 4.78 is 4.93. The third kappa shape index (κ3) is 5.34. The molecular formula is C11H25N5O. The Morgan fingerprint density at radius 3 is 2.94 bits per heavy atom. The monoisotopic (exact) mass is 243 g/mol. The SMILES string of the molecule is COCCNC(N)=NCC1CN(C)CCN1C. The molecule has 6 heteroatoms. The van der Waals surface area contributed by atoms with Crippen LogP contribution in [0, 0.1) is 0 Å². The van der Waals surface area contributed by atoms with Crippen LogP contribution in [0.4, 0.5) is 0 Å². The number of hydrogen-bond acceptors (Lipinski definition) is 4. The normalized spacial score (nSPS) is 23.9. The molecule has 1 heterocycles. The van der Waals surface area contributed by atoms with Crippen LogP contribution in [0.2, 0.25) is 0 Å². The number of hydrogen-bond donors (Lipinski definition) is 2. The Morgan fingerprint density at radius 1 is 1.47 bits per heavy atom. The maximum absolute atomic E-state index is 5.76. The van der Waals surface area contributed by atoms with Crippen molar-refractivity contribution in [1.82, 2.24) is 15.1 Å². The lowest BCUT2D eigenvalue weighted by Crippen LogP contribution is -2.51. The highest BCUT2D eigenvalue weighted by molar-refractivity contribution is 5.77. The van der Waals surface area contributed by atoms with E-state index in [2.05, 4.69) is 34.2 Å². The molecule has 0 aromatic carbocycles. The second kappa shape index (κ2) is 7.47. The quantitative estimate of drug-likeness (QED) is 0.360. The van der Waals surface area contributed by atoms with Gasteiger partial charge in [-0.3, -0.25) is 9.89 Å². The molecule has 1 fully saturated rings. The molecule has 6 nitrogen and oxygen atoms in total. The summed E-state index contributed by atoms with van der Waals surface area (Å²) in [5.74, 6) is 0.503. The van der Waals surface area contributed by atoms with Gasteiger partial charge in [-0.25, -0.2) is 0 Å². The lowest BCUT2D eigenvalue weighted by molar-refractivity contribution is 0.119. The highest BCUT2D eigenvalue weighted by Crippen LogP contribution is 2.05. The van der Waals surface area contributed by atoms with Gasteiger partial charge in [-0.1, -0.05) is 0 Å². The number of methoxy groups -OCH3 is 1. The van der Waals surface area contributed by atoms with E-state index in [9.17, 15) is 0 Å². The smallest absolute Gasteiger partial charge is 0.188 e. The molecule has 0 bridgehead atoms. The lowest BCUT2D eigenvalue weighted by Gasteiger charge is -2.36. The van der Waals surface area contributed by atoms with Crippen LogP contribution in [-0.2, 0) is 4.74 Å². The molecule has 1 saturated heterocycles. The second-order valence-corrected chi connectivity index (χ2v) is 4.54. The van der Waals surface area contributed by atoms with E-state index in [1.807, 2.05) is 0 Å². The number of nitrogens with zero attached hydrogens (tertiary/aromatic N) is 3. The van der Waals surface area contributed by atoms with Crippen molar-refractivity contribution >= 4 is 5.96 Å². The van der Waals surface area contributed by atoms with Gasteiger partial charge in [-0.2, -0.15) is 0 Å². The average molecular weight is 243 g/mol. The Balaban J connectivity index is 2.29. The molecular weight excluding hydrogens is 218 g/mol. The van der Waals surface area contributed by atoms with Crippen LogP contribution in [0.15, 0.2) is 4.99 Å². The molecule has 17 heavy (non-hydrogen) atoms. The first-order chi connectivity index (χ1) is 8.13. The van der Waals surface area contributed by atoms with Gasteiger partial charge in [-0.05, 0) is 14.1 Å². The van der Waals surface area contributed by atoms with E-state index in [1.165, 1.54) is 0 Å². The van der Waals surface area contributed by atoms with Crippen molar-refractivity contribution in [3.8, 4) is 0 Å². The summed E-state index contributed by atoms with van der Waals surface area (Å²) in [6.07, 6.45) is 0. The first kappa shape index (κ1) is 14.2. The fraction of sp³-hybridized carbons (Fsp3) is 0.909. The summed E-state index contributed by atoms with van der Waals surface area (Å²) in [6, 6.07) is 0.455. The molecule has 1 rings (SSSR count). The van der Waals surface area contributed by atoms with Gasteiger partial charge in [-0.15, -0.1) is 0 Å². The van der Waals surface area contributed by atoms with E-state index >= 15 is 0 Å². The zero-order valence-electron chi connectivity index (χ0n) is 11.1. The van der Waals surface area contributed by atoms with Crippen molar-refractivity contribution in [3.63, 3.8) is 0 Å². The van der Waals surface area contributed by atoms with E-state index in [0.29, 0.717) is 25.2 Å². The molecule has 1 unspecified atom stereocenters. The molecule has 0 aromatic rings. The number of rotatable bonds is 5. The second-order valence-electron chi connectivity index (χ2n) is 4.54. The van der Waals surface area contributed by atoms with Crippen LogP contribution in [0.1, 0.15) is 0 Å². The Bertz CT molecular complexity index is 246. The van der Waals surface area contributed by atoms with E-state index in [-0.39, 0.29) is 0 Å². The highest BCUT2D eigenvalue weighted by atomic mass is 16.5. The highest BCUT2D eigenvalue weighted by Gasteiger charge is 2.21. The summed E-state index contributed by atoms with van der Waals surface area (Å²) >= 11 is 0. The Morgan fingerprint density at radius 2 is 2.24 bits per heavy atom. The summed E-state index contributed by atoms with van der Waals surface area (Å²) in [7, 11) is 5.95. The van der Waals surface area contributed by atoms with Gasteiger partial charge in [0.25, 0.3) is 0 Å². The number of nitrogens with two attached hydrogens (primary N) is 1. The number of guanidine groups is 1. The summed E-state index contributed by atoms with van der Waals surface area (Å²) in [6.45, 7) is 5.35. The Kier molecular flexibility index (Phi) is 6.25. The predicted molar refractivity (Wildman–Crippen MR) is 70.3 cm³/mol. The first-order valence-electron chi connectivity index (χ1n) is 6.05. The van der Waals surface area contributed by atoms with Gasteiger partial charge < -0.3 is 20.7 Å². The number of ether oxygens (including phenoxy) is 1. The number of likely N-dealkylation sites (N-methyl/N-ethyl adjacent to an activating group) is 2. The average Bonchev–Trinajstić information content (AvgIpc) is 2.31. The van der Waals surface area contributed by atoms with E-state index in [1.54, 1.807) is 7.11 Å². The fourth-order valence-electron chi connectivity index (χ4n) is 1.84. The van der Waals surface area contributed by atoms with Crippen LogP contribution in [0.25, 0.3) is 0 Å². The molecule has 1 aliphatic heterocycles. The van der Waals surface area contributed by atoms with Crippen molar-refractivity contribution in [2.45, 2.75) is 6.04 Å². The van der Waals surface area contributed by atoms with Crippen LogP contribution in [0.3, 0.4) is 0 Å². The summed E-state index contributed by atoms with van der Waals surface area (Å²) in [5, 5.41) is 3.02. The van der Waals surface area contributed by atoms with E-state index in [4.69, 9.17) is 10.5 Å². The van der Waals surface area contributed by atoms with Gasteiger partial charge in [0, 0.05) is 39.3 Å². The number of nitrogens with one attached hydrogen (secondary N) is 1. The summed E-state index contributed by atoms with van der Waals surface area (Å²) in [5.41, 5.74) is 5.76. The molecule has 0 aromatic heterocycles. The van der Waals surface area contributed by atoms with Crippen molar-refractivity contribution in [3.05, 3.63) is 0 Å². The molecule has 0 aliphatic carbocycles. The predicted octanol–water partition coefficient (Wildman–Crippen LogP) is -1.22. The van der Waals surface area contributed by atoms with Crippen molar-refractivity contribution < 1.29 is 4.74 Å². The molecule has 0 amide bonds. The third-order valence-corrected chi connectivity index (χ3v) is 3.06. The van der Waals surface area contributed by atoms with Gasteiger partial charge >= 0.3 is 0 Å². The van der Waals surface area contributed by atoms with E-state index in [0.717, 1.165) is 26.2 Å². The summed E-state index contributed by atoms with van der Waals surface area (Å²) in [4.78, 5) is 9.03. The van der Waals surface area contributed by atoms with Gasteiger partial charge in [0.1, 0.15) is 0 Å². The minimum atomic E-state index is 0.455. The van der Waals surface area contributed by atoms with Crippen molar-refractivity contribution in [2.75, 3.05) is 60.5 Å². The molecule has 100 valence electrons. The topological polar surface area (TPSA) is 66.1 Å². The molecule has 1 atom stereocenters. The lowest BCUT2D eigenvalue weighted by atomic mass is 10.2. The maximum Gasteiger partial charge on any atom is 0.188 e. The number of piperazine rings is 1. The van der Waals surface area contributed by atoms with Crippen LogP contribution in [-0.4, -0.2) is 82.3 Å². The fourth-order valence-corrected chi connectivity index (χ4v) is 1.84. The van der Waals surface area contributed by atoms with Crippen molar-refractivity contribution in [1.29, 1.82) is 0 Å². The molecule has 0 spiro atoms. The first-order valence-corrected chi connectivity index (χ1v) is 6.05. The Labute approximate surface area is 104 Å². The zero-order chi connectivity index (χ0) is 12.7. The Hall–Kier alpha value is -0.850. The molecule has 1 aliphatic rings. The number of aliphatic imine (C=N–C) groups is 1. The van der Waals surface area contributed by atoms with Crippen LogP contribution in [0.5, 0.6) is 0 Å². The van der Waals surface area contributed by atoms with E-state index < -0.39 is 0 Å². The van der Waals surface area contributed by atoms with Crippen LogP contribution < -0.4 is 11.1 Å².